The minimum absolute atomic E-state index is 0.0609. The van der Waals surface area contributed by atoms with Crippen LogP contribution in [0.15, 0.2) is 46.2 Å². The molecule has 0 bridgehead atoms. The zero-order valence-corrected chi connectivity index (χ0v) is 11.1. The van der Waals surface area contributed by atoms with Gasteiger partial charge in [0.1, 0.15) is 11.6 Å². The molecule has 2 aromatic rings. The Morgan fingerprint density at radius 3 is 2.84 bits per heavy atom. The lowest BCUT2D eigenvalue weighted by Gasteiger charge is -2.06. The molecule has 7 heteroatoms. The first-order valence-electron chi connectivity index (χ1n) is 5.17. The van der Waals surface area contributed by atoms with Crippen LogP contribution in [0.5, 0.6) is 11.6 Å². The van der Waals surface area contributed by atoms with Crippen molar-refractivity contribution in [2.45, 2.75) is 0 Å². The molecule has 0 fully saturated rings. The van der Waals surface area contributed by atoms with Crippen molar-refractivity contribution in [3.63, 3.8) is 0 Å². The number of amidine groups is 1. The quantitative estimate of drug-likeness (QED) is 0.393. The predicted octanol–water partition coefficient (Wildman–Crippen LogP) is 2.87. The molecule has 3 N–H and O–H groups in total. The Morgan fingerprint density at radius 2 is 2.16 bits per heavy atom. The molecule has 0 spiro atoms. The number of rotatable bonds is 3. The number of aromatic nitrogens is 1. The fraction of sp³-hybridized carbons (Fsp3) is 0. The van der Waals surface area contributed by atoms with Crippen molar-refractivity contribution in [3.05, 3.63) is 52.4 Å². The highest BCUT2D eigenvalue weighted by atomic mass is 79.9. The number of ether oxygens (including phenoxy) is 1. The molecule has 1 aromatic carbocycles. The fourth-order valence-corrected chi connectivity index (χ4v) is 1.59. The van der Waals surface area contributed by atoms with E-state index in [0.29, 0.717) is 15.8 Å². The number of oxime groups is 1. The molecular formula is C12H9BrFN3O2. The molecule has 0 saturated heterocycles. The van der Waals surface area contributed by atoms with Crippen LogP contribution in [0.3, 0.4) is 0 Å². The highest BCUT2D eigenvalue weighted by molar-refractivity contribution is 9.10. The van der Waals surface area contributed by atoms with Gasteiger partial charge in [0.2, 0.25) is 5.88 Å². The number of hydrogen-bond donors (Lipinski definition) is 2. The smallest absolute Gasteiger partial charge is 0.219 e. The Bertz CT molecular complexity index is 634. The Kier molecular flexibility index (Phi) is 3.96. The molecule has 19 heavy (non-hydrogen) atoms. The second kappa shape index (κ2) is 5.66. The normalized spacial score (nSPS) is 11.4. The summed E-state index contributed by atoms with van der Waals surface area (Å²) in [5.74, 6) is 0.00927. The minimum Gasteiger partial charge on any atom is -0.439 e. The van der Waals surface area contributed by atoms with Crippen molar-refractivity contribution < 1.29 is 14.3 Å². The summed E-state index contributed by atoms with van der Waals surface area (Å²) < 4.78 is 19.1. The van der Waals surface area contributed by atoms with Gasteiger partial charge in [0.15, 0.2) is 5.84 Å². The summed E-state index contributed by atoms with van der Waals surface area (Å²) in [6.07, 6.45) is 1.44. The molecule has 0 aliphatic rings. The van der Waals surface area contributed by atoms with E-state index in [9.17, 15) is 4.39 Å². The third-order valence-corrected chi connectivity index (χ3v) is 2.89. The van der Waals surface area contributed by atoms with E-state index >= 15 is 0 Å². The van der Waals surface area contributed by atoms with Gasteiger partial charge in [0.25, 0.3) is 0 Å². The van der Waals surface area contributed by atoms with Crippen LogP contribution in [-0.2, 0) is 0 Å². The van der Waals surface area contributed by atoms with Gasteiger partial charge in [-0.25, -0.2) is 9.37 Å². The van der Waals surface area contributed by atoms with Crippen LogP contribution in [0.2, 0.25) is 0 Å². The molecule has 1 aromatic heterocycles. The number of halogens is 2. The van der Waals surface area contributed by atoms with Gasteiger partial charge in [-0.2, -0.15) is 0 Å². The van der Waals surface area contributed by atoms with E-state index in [0.717, 1.165) is 0 Å². The maximum Gasteiger partial charge on any atom is 0.219 e. The second-order valence-electron chi connectivity index (χ2n) is 3.55. The molecule has 0 saturated carbocycles. The number of nitrogens with two attached hydrogens (primary N) is 1. The lowest BCUT2D eigenvalue weighted by molar-refractivity contribution is 0.318. The molecule has 0 amide bonds. The monoisotopic (exact) mass is 325 g/mol. The van der Waals surface area contributed by atoms with Crippen molar-refractivity contribution >= 4 is 21.8 Å². The highest BCUT2D eigenvalue weighted by Gasteiger charge is 2.06. The Labute approximate surface area is 116 Å². The van der Waals surface area contributed by atoms with Gasteiger partial charge in [0.05, 0.1) is 4.47 Å². The molecule has 98 valence electrons. The fourth-order valence-electron chi connectivity index (χ4n) is 1.34. The Morgan fingerprint density at radius 1 is 1.37 bits per heavy atom. The largest absolute Gasteiger partial charge is 0.439 e. The number of nitrogens with zero attached hydrogens (tertiary/aromatic N) is 2. The van der Waals surface area contributed by atoms with E-state index in [-0.39, 0.29) is 11.7 Å². The standard InChI is InChI=1S/C12H9BrFN3O2/c13-9-2-1-8(6-10(9)14)19-11-5-7(3-4-16-11)12(15)17-18/h1-6,18H,(H2,15,17). The van der Waals surface area contributed by atoms with Crippen LogP contribution in [0.25, 0.3) is 0 Å². The SMILES string of the molecule is NC(=NO)c1ccnc(Oc2ccc(Br)c(F)c2)c1. The van der Waals surface area contributed by atoms with Crippen LogP contribution in [0, 0.1) is 5.82 Å². The van der Waals surface area contributed by atoms with E-state index in [1.807, 2.05) is 0 Å². The van der Waals surface area contributed by atoms with Crippen molar-refractivity contribution in [3.8, 4) is 11.6 Å². The van der Waals surface area contributed by atoms with E-state index in [4.69, 9.17) is 15.7 Å². The topological polar surface area (TPSA) is 80.7 Å². The molecule has 0 unspecified atom stereocenters. The van der Waals surface area contributed by atoms with Crippen LogP contribution in [0.1, 0.15) is 5.56 Å². The molecule has 0 atom stereocenters. The van der Waals surface area contributed by atoms with E-state index in [2.05, 4.69) is 26.1 Å². The minimum atomic E-state index is -0.440. The highest BCUT2D eigenvalue weighted by Crippen LogP contribution is 2.24. The summed E-state index contributed by atoms with van der Waals surface area (Å²) in [5, 5.41) is 11.5. The zero-order valence-electron chi connectivity index (χ0n) is 9.55. The summed E-state index contributed by atoms with van der Waals surface area (Å²) in [6.45, 7) is 0. The Balaban J connectivity index is 2.26. The number of pyridine rings is 1. The summed E-state index contributed by atoms with van der Waals surface area (Å²) in [4.78, 5) is 3.95. The van der Waals surface area contributed by atoms with Crippen molar-refractivity contribution in [2.24, 2.45) is 10.9 Å². The molecular weight excluding hydrogens is 317 g/mol. The molecule has 0 aliphatic carbocycles. The average molecular weight is 326 g/mol. The van der Waals surface area contributed by atoms with Gasteiger partial charge in [-0.15, -0.1) is 0 Å². The summed E-state index contributed by atoms with van der Waals surface area (Å²) in [5.41, 5.74) is 5.90. The predicted molar refractivity (Wildman–Crippen MR) is 70.9 cm³/mol. The zero-order chi connectivity index (χ0) is 13.8. The van der Waals surface area contributed by atoms with E-state index < -0.39 is 5.82 Å². The van der Waals surface area contributed by atoms with Gasteiger partial charge < -0.3 is 15.7 Å². The third-order valence-electron chi connectivity index (χ3n) is 2.25. The molecule has 0 aliphatic heterocycles. The second-order valence-corrected chi connectivity index (χ2v) is 4.40. The first-order chi connectivity index (χ1) is 9.10. The van der Waals surface area contributed by atoms with Gasteiger partial charge in [-0.05, 0) is 34.1 Å². The first kappa shape index (κ1) is 13.3. The maximum atomic E-state index is 13.3. The lowest BCUT2D eigenvalue weighted by atomic mass is 10.2. The van der Waals surface area contributed by atoms with Gasteiger partial charge in [-0.3, -0.25) is 0 Å². The van der Waals surface area contributed by atoms with Gasteiger partial charge in [-0.1, -0.05) is 5.16 Å². The lowest BCUT2D eigenvalue weighted by Crippen LogP contribution is -2.13. The number of benzene rings is 1. The molecule has 1 heterocycles. The van der Waals surface area contributed by atoms with Crippen LogP contribution < -0.4 is 10.5 Å². The summed E-state index contributed by atoms with van der Waals surface area (Å²) in [7, 11) is 0. The van der Waals surface area contributed by atoms with Crippen LogP contribution in [-0.4, -0.2) is 16.0 Å². The van der Waals surface area contributed by atoms with Crippen molar-refractivity contribution in [1.82, 2.24) is 4.98 Å². The van der Waals surface area contributed by atoms with Gasteiger partial charge >= 0.3 is 0 Å². The van der Waals surface area contributed by atoms with Gasteiger partial charge in [0, 0.05) is 23.9 Å². The van der Waals surface area contributed by atoms with E-state index in [1.54, 1.807) is 12.1 Å². The molecule has 2 rings (SSSR count). The molecule has 5 nitrogen and oxygen atoms in total. The summed E-state index contributed by atoms with van der Waals surface area (Å²) in [6, 6.07) is 7.38. The van der Waals surface area contributed by atoms with Crippen molar-refractivity contribution in [2.75, 3.05) is 0 Å². The summed E-state index contributed by atoms with van der Waals surface area (Å²) >= 11 is 3.05. The maximum absolute atomic E-state index is 13.3. The third kappa shape index (κ3) is 3.19. The van der Waals surface area contributed by atoms with Crippen LogP contribution >= 0.6 is 15.9 Å². The number of hydrogen-bond acceptors (Lipinski definition) is 4. The van der Waals surface area contributed by atoms with Crippen LogP contribution in [0.4, 0.5) is 4.39 Å². The first-order valence-corrected chi connectivity index (χ1v) is 5.96. The Hall–Kier alpha value is -2.15. The average Bonchev–Trinajstić information content (AvgIpc) is 2.42. The molecule has 0 radical (unpaired) electrons. The van der Waals surface area contributed by atoms with Crippen molar-refractivity contribution in [1.29, 1.82) is 0 Å². The van der Waals surface area contributed by atoms with E-state index in [1.165, 1.54) is 24.4 Å².